The molecule has 0 fully saturated rings. The summed E-state index contributed by atoms with van der Waals surface area (Å²) in [4.78, 5) is 0. The predicted octanol–water partition coefficient (Wildman–Crippen LogP) is 0.925. The third-order valence-corrected chi connectivity index (χ3v) is 4.44. The number of halogens is 1. The van der Waals surface area contributed by atoms with Crippen LogP contribution in [-0.4, -0.2) is 22.6 Å². The molecule has 0 radical (unpaired) electrons. The number of rotatable bonds is 0. The SMILES string of the molecule is CC1(C)c2ccccc2-c2ccc(O)c(Br)c21.O=S(=O)(O)O.[H-].[Na+]. The molecule has 0 spiro atoms. The van der Waals surface area contributed by atoms with Gasteiger partial charge in [0.2, 0.25) is 0 Å². The van der Waals surface area contributed by atoms with Crippen molar-refractivity contribution in [3.05, 3.63) is 52.0 Å². The number of aromatic hydroxyl groups is 1. The standard InChI is InChI=1S/C15H13BrO.Na.H2O4S.H/c1-15(2)11-6-4-3-5-9(11)10-7-8-12(17)14(16)13(10)15;;1-5(2,3)4;/h3-8,17H,1-2H3;;(H2,1,2,3,4);/q;+1;;-1. The quantitative estimate of drug-likeness (QED) is 0.443. The normalized spacial score (nSPS) is 14.0. The summed E-state index contributed by atoms with van der Waals surface area (Å²) in [5.74, 6) is 0.310. The Morgan fingerprint density at radius 1 is 1.04 bits per heavy atom. The molecule has 0 atom stereocenters. The fourth-order valence-electron chi connectivity index (χ4n) is 2.80. The van der Waals surface area contributed by atoms with E-state index in [4.69, 9.17) is 17.5 Å². The third-order valence-electron chi connectivity index (χ3n) is 3.64. The van der Waals surface area contributed by atoms with Gasteiger partial charge in [0.15, 0.2) is 0 Å². The van der Waals surface area contributed by atoms with Crippen molar-refractivity contribution >= 4 is 26.3 Å². The monoisotopic (exact) mass is 410 g/mol. The van der Waals surface area contributed by atoms with Crippen molar-refractivity contribution in [1.29, 1.82) is 0 Å². The summed E-state index contributed by atoms with van der Waals surface area (Å²) in [7, 11) is -4.67. The minimum atomic E-state index is -4.67. The Morgan fingerprint density at radius 3 is 2.13 bits per heavy atom. The summed E-state index contributed by atoms with van der Waals surface area (Å²) in [6.07, 6.45) is 0. The van der Waals surface area contributed by atoms with E-state index in [1.165, 1.54) is 22.3 Å². The van der Waals surface area contributed by atoms with Crippen LogP contribution in [0.1, 0.15) is 26.4 Å². The van der Waals surface area contributed by atoms with Gasteiger partial charge in [-0.15, -0.1) is 0 Å². The van der Waals surface area contributed by atoms with Gasteiger partial charge in [-0.05, 0) is 44.3 Å². The molecule has 0 aliphatic heterocycles. The minimum Gasteiger partial charge on any atom is -1.00 e. The Morgan fingerprint density at radius 2 is 1.57 bits per heavy atom. The molecule has 0 heterocycles. The smallest absolute Gasteiger partial charge is 1.00 e. The van der Waals surface area contributed by atoms with Gasteiger partial charge < -0.3 is 6.53 Å². The van der Waals surface area contributed by atoms with Gasteiger partial charge in [0.25, 0.3) is 0 Å². The van der Waals surface area contributed by atoms with Crippen LogP contribution in [0.5, 0.6) is 5.75 Å². The van der Waals surface area contributed by atoms with Crippen molar-refractivity contribution in [3.63, 3.8) is 0 Å². The van der Waals surface area contributed by atoms with Crippen LogP contribution in [0.25, 0.3) is 11.1 Å². The van der Waals surface area contributed by atoms with E-state index in [0.29, 0.717) is 5.75 Å². The molecule has 2 aromatic carbocycles. The maximum absolute atomic E-state index is 9.85. The van der Waals surface area contributed by atoms with Crippen molar-refractivity contribution in [1.82, 2.24) is 0 Å². The van der Waals surface area contributed by atoms with Gasteiger partial charge in [0.1, 0.15) is 5.75 Å². The molecule has 3 rings (SSSR count). The van der Waals surface area contributed by atoms with E-state index in [-0.39, 0.29) is 36.4 Å². The van der Waals surface area contributed by atoms with E-state index in [1.54, 1.807) is 6.07 Å². The molecule has 0 bridgehead atoms. The molecule has 120 valence electrons. The summed E-state index contributed by atoms with van der Waals surface area (Å²) in [5, 5.41) is 9.85. The Balaban J connectivity index is 0.000000673. The molecule has 8 heteroatoms. The second-order valence-corrected chi connectivity index (χ2v) is 7.13. The van der Waals surface area contributed by atoms with Crippen molar-refractivity contribution < 1.29 is 53.6 Å². The number of phenols is 1. The van der Waals surface area contributed by atoms with Gasteiger partial charge in [-0.3, -0.25) is 9.11 Å². The van der Waals surface area contributed by atoms with Gasteiger partial charge in [0, 0.05) is 5.41 Å². The van der Waals surface area contributed by atoms with Crippen LogP contribution in [0.3, 0.4) is 0 Å². The molecule has 0 saturated heterocycles. The maximum atomic E-state index is 9.85. The van der Waals surface area contributed by atoms with Crippen molar-refractivity contribution in [2.75, 3.05) is 0 Å². The van der Waals surface area contributed by atoms with Crippen molar-refractivity contribution in [3.8, 4) is 16.9 Å². The second-order valence-electron chi connectivity index (χ2n) is 5.44. The van der Waals surface area contributed by atoms with E-state index in [0.717, 1.165) is 4.47 Å². The molecule has 0 saturated carbocycles. The maximum Gasteiger partial charge on any atom is 1.00 e. The largest absolute Gasteiger partial charge is 1.00 e. The molecule has 2 aromatic rings. The topological polar surface area (TPSA) is 94.8 Å². The zero-order chi connectivity index (χ0) is 16.7. The van der Waals surface area contributed by atoms with E-state index in [1.807, 2.05) is 6.07 Å². The second kappa shape index (κ2) is 7.23. The molecule has 1 aliphatic carbocycles. The number of hydrogen-bond donors (Lipinski definition) is 3. The summed E-state index contributed by atoms with van der Waals surface area (Å²) >= 11 is 3.52. The van der Waals surface area contributed by atoms with E-state index in [2.05, 4.69) is 54.0 Å². The summed E-state index contributed by atoms with van der Waals surface area (Å²) < 4.78 is 32.4. The van der Waals surface area contributed by atoms with E-state index < -0.39 is 10.4 Å². The number of benzene rings is 2. The average Bonchev–Trinajstić information content (AvgIpc) is 2.62. The van der Waals surface area contributed by atoms with Gasteiger partial charge >= 0.3 is 40.0 Å². The van der Waals surface area contributed by atoms with Gasteiger partial charge in [-0.25, -0.2) is 0 Å². The Bertz CT molecular complexity index is 832. The first-order valence-corrected chi connectivity index (χ1v) is 8.54. The molecule has 0 unspecified atom stereocenters. The first-order valence-electron chi connectivity index (χ1n) is 6.35. The zero-order valence-corrected chi connectivity index (χ0v) is 17.3. The summed E-state index contributed by atoms with van der Waals surface area (Å²) in [6.45, 7) is 4.39. The molecular formula is C15H16BrNaO5S. The molecule has 1 aliphatic rings. The van der Waals surface area contributed by atoms with Crippen LogP contribution < -0.4 is 29.6 Å². The molecule has 3 N–H and O–H groups in total. The molecular weight excluding hydrogens is 395 g/mol. The molecule has 23 heavy (non-hydrogen) atoms. The van der Waals surface area contributed by atoms with Crippen LogP contribution in [0.4, 0.5) is 0 Å². The fourth-order valence-corrected chi connectivity index (χ4v) is 3.64. The van der Waals surface area contributed by atoms with Crippen molar-refractivity contribution in [2.45, 2.75) is 19.3 Å². The number of fused-ring (bicyclic) bond motifs is 3. The Labute approximate surface area is 167 Å². The number of phenolic OH excluding ortho intramolecular Hbond substituents is 1. The summed E-state index contributed by atoms with van der Waals surface area (Å²) in [6, 6.07) is 12.2. The van der Waals surface area contributed by atoms with E-state index in [9.17, 15) is 5.11 Å². The Kier molecular flexibility index (Phi) is 6.48. The zero-order valence-electron chi connectivity index (χ0n) is 13.9. The van der Waals surface area contributed by atoms with Gasteiger partial charge in [-0.1, -0.05) is 44.2 Å². The predicted molar refractivity (Wildman–Crippen MR) is 88.7 cm³/mol. The first kappa shape index (κ1) is 20.6. The van der Waals surface area contributed by atoms with Crippen LogP contribution in [0.2, 0.25) is 0 Å². The molecule has 0 aromatic heterocycles. The minimum absolute atomic E-state index is 0. The molecule has 5 nitrogen and oxygen atoms in total. The third kappa shape index (κ3) is 4.36. The van der Waals surface area contributed by atoms with Crippen LogP contribution in [0, 0.1) is 0 Å². The van der Waals surface area contributed by atoms with Gasteiger partial charge in [0.05, 0.1) is 4.47 Å². The van der Waals surface area contributed by atoms with E-state index >= 15 is 0 Å². The van der Waals surface area contributed by atoms with Crippen LogP contribution in [0.15, 0.2) is 40.9 Å². The van der Waals surface area contributed by atoms with Crippen molar-refractivity contribution in [2.24, 2.45) is 0 Å². The first-order chi connectivity index (χ1) is 10.0. The van der Waals surface area contributed by atoms with Crippen LogP contribution in [-0.2, 0) is 15.8 Å². The fraction of sp³-hybridized carbons (Fsp3) is 0.200. The van der Waals surface area contributed by atoms with Gasteiger partial charge in [-0.2, -0.15) is 8.42 Å². The number of hydrogen-bond acceptors (Lipinski definition) is 3. The average molecular weight is 411 g/mol. The molecule has 0 amide bonds. The Hall–Kier alpha value is -0.410. The summed E-state index contributed by atoms with van der Waals surface area (Å²) in [5.41, 5.74) is 4.92. The van der Waals surface area contributed by atoms with Crippen LogP contribution >= 0.6 is 15.9 Å².